The van der Waals surface area contributed by atoms with E-state index >= 15 is 0 Å². The molecule has 1 aliphatic rings. The van der Waals surface area contributed by atoms with E-state index in [1.165, 1.54) is 44.2 Å². The molecule has 1 N–H and O–H groups in total. The van der Waals surface area contributed by atoms with Gasteiger partial charge in [0.15, 0.2) is 0 Å². The van der Waals surface area contributed by atoms with Crippen LogP contribution in [0.1, 0.15) is 32.1 Å². The second-order valence-corrected chi connectivity index (χ2v) is 4.81. The van der Waals surface area contributed by atoms with Gasteiger partial charge in [-0.2, -0.15) is 0 Å². The molecule has 0 saturated heterocycles. The van der Waals surface area contributed by atoms with Crippen LogP contribution >= 0.6 is 0 Å². The van der Waals surface area contributed by atoms with E-state index in [2.05, 4.69) is 11.9 Å². The van der Waals surface area contributed by atoms with Gasteiger partial charge in [0.2, 0.25) is 0 Å². The third-order valence-electron chi connectivity index (χ3n) is 3.59. The van der Waals surface area contributed by atoms with Crippen molar-refractivity contribution in [3.63, 3.8) is 0 Å². The minimum atomic E-state index is -0.191. The molecule has 0 spiro atoms. The maximum absolute atomic E-state index is 12.8. The van der Waals surface area contributed by atoms with Crippen molar-refractivity contribution in [2.75, 3.05) is 5.32 Å². The van der Waals surface area contributed by atoms with Crippen LogP contribution in [0.4, 0.5) is 10.1 Å². The van der Waals surface area contributed by atoms with Crippen molar-refractivity contribution in [2.24, 2.45) is 5.92 Å². The highest BCUT2D eigenvalue weighted by atomic mass is 19.1. The molecule has 1 fully saturated rings. The highest BCUT2D eigenvalue weighted by Gasteiger charge is 2.20. The Labute approximate surface area is 103 Å². The molecule has 0 heterocycles. The Balaban J connectivity index is 1.98. The fraction of sp³-hybridized carbons (Fsp3) is 0.467. The molecular weight excluding hydrogens is 213 g/mol. The average molecular weight is 233 g/mol. The summed E-state index contributed by atoms with van der Waals surface area (Å²) in [5.74, 6) is 0.481. The van der Waals surface area contributed by atoms with E-state index in [-0.39, 0.29) is 5.82 Å². The second-order valence-electron chi connectivity index (χ2n) is 4.81. The van der Waals surface area contributed by atoms with Crippen molar-refractivity contribution >= 4 is 5.69 Å². The lowest BCUT2D eigenvalue weighted by Gasteiger charge is -2.29. The van der Waals surface area contributed by atoms with Crippen LogP contribution in [0.25, 0.3) is 0 Å². The van der Waals surface area contributed by atoms with Crippen LogP contribution in [0.15, 0.2) is 36.9 Å². The number of hydrogen-bond donors (Lipinski definition) is 1. The fourth-order valence-corrected chi connectivity index (χ4v) is 2.60. The van der Waals surface area contributed by atoms with Gasteiger partial charge in [0.05, 0.1) is 0 Å². The Kier molecular flexibility index (Phi) is 4.18. The zero-order valence-corrected chi connectivity index (χ0v) is 10.2. The quantitative estimate of drug-likeness (QED) is 0.761. The molecule has 92 valence electrons. The highest BCUT2D eigenvalue weighted by Crippen LogP contribution is 2.28. The van der Waals surface area contributed by atoms with Crippen molar-refractivity contribution in [3.8, 4) is 0 Å². The van der Waals surface area contributed by atoms with Gasteiger partial charge in [-0.05, 0) is 43.0 Å². The van der Waals surface area contributed by atoms with Crippen molar-refractivity contribution in [2.45, 2.75) is 38.1 Å². The highest BCUT2D eigenvalue weighted by molar-refractivity contribution is 5.44. The first kappa shape index (κ1) is 12.2. The van der Waals surface area contributed by atoms with Gasteiger partial charge in [0.25, 0.3) is 0 Å². The summed E-state index contributed by atoms with van der Waals surface area (Å²) < 4.78 is 12.8. The molecule has 17 heavy (non-hydrogen) atoms. The summed E-state index contributed by atoms with van der Waals surface area (Å²) in [6.45, 7) is 3.91. The Bertz CT molecular complexity index is 352. The maximum atomic E-state index is 12.8. The molecule has 0 radical (unpaired) electrons. The van der Waals surface area contributed by atoms with Crippen LogP contribution in [0.5, 0.6) is 0 Å². The monoisotopic (exact) mass is 233 g/mol. The zero-order chi connectivity index (χ0) is 12.1. The molecule has 1 aliphatic carbocycles. The summed E-state index contributed by atoms with van der Waals surface area (Å²) in [6.07, 6.45) is 8.52. The van der Waals surface area contributed by atoms with Crippen molar-refractivity contribution in [1.82, 2.24) is 0 Å². The van der Waals surface area contributed by atoms with Crippen molar-refractivity contribution < 1.29 is 4.39 Å². The van der Waals surface area contributed by atoms with Gasteiger partial charge < -0.3 is 5.32 Å². The average Bonchev–Trinajstić information content (AvgIpc) is 2.39. The van der Waals surface area contributed by atoms with Crippen LogP contribution in [-0.4, -0.2) is 6.04 Å². The van der Waals surface area contributed by atoms with Crippen LogP contribution in [0.3, 0.4) is 0 Å². The molecule has 0 aromatic heterocycles. The fourth-order valence-electron chi connectivity index (χ4n) is 2.60. The van der Waals surface area contributed by atoms with Crippen LogP contribution in [0.2, 0.25) is 0 Å². The minimum Gasteiger partial charge on any atom is -0.379 e. The van der Waals surface area contributed by atoms with Crippen LogP contribution < -0.4 is 5.32 Å². The molecule has 0 unspecified atom stereocenters. The molecule has 0 amide bonds. The summed E-state index contributed by atoms with van der Waals surface area (Å²) in [7, 11) is 0. The van der Waals surface area contributed by atoms with Gasteiger partial charge >= 0.3 is 0 Å². The molecule has 0 bridgehead atoms. The smallest absolute Gasteiger partial charge is 0.123 e. The largest absolute Gasteiger partial charge is 0.379 e. The van der Waals surface area contributed by atoms with E-state index in [9.17, 15) is 4.39 Å². The predicted octanol–water partition coefficient (Wildman–Crippen LogP) is 4.37. The SMILES string of the molecule is C=C[C@@H](Nc1ccc(F)cc1)C1CCCCC1. The molecular formula is C15H20FN. The lowest BCUT2D eigenvalue weighted by atomic mass is 9.84. The Morgan fingerprint density at radius 2 is 1.82 bits per heavy atom. The predicted molar refractivity (Wildman–Crippen MR) is 70.6 cm³/mol. The molecule has 1 aromatic rings. The first-order valence-corrected chi connectivity index (χ1v) is 6.44. The molecule has 0 aliphatic heterocycles. The topological polar surface area (TPSA) is 12.0 Å². The van der Waals surface area contributed by atoms with E-state index < -0.39 is 0 Å². The molecule has 1 saturated carbocycles. The van der Waals surface area contributed by atoms with Gasteiger partial charge in [-0.3, -0.25) is 0 Å². The molecule has 1 atom stereocenters. The normalized spacial score (nSPS) is 18.6. The number of hydrogen-bond acceptors (Lipinski definition) is 1. The lowest BCUT2D eigenvalue weighted by Crippen LogP contribution is -2.28. The minimum absolute atomic E-state index is 0.191. The molecule has 2 heteroatoms. The van der Waals surface area contributed by atoms with E-state index in [1.54, 1.807) is 12.1 Å². The summed E-state index contributed by atoms with van der Waals surface area (Å²) in [5, 5.41) is 3.44. The maximum Gasteiger partial charge on any atom is 0.123 e. The summed E-state index contributed by atoms with van der Waals surface area (Å²) >= 11 is 0. The first-order valence-electron chi connectivity index (χ1n) is 6.44. The Morgan fingerprint density at radius 1 is 1.18 bits per heavy atom. The van der Waals surface area contributed by atoms with E-state index in [0.29, 0.717) is 12.0 Å². The van der Waals surface area contributed by atoms with Gasteiger partial charge in [0.1, 0.15) is 5.82 Å². The van der Waals surface area contributed by atoms with E-state index in [0.717, 1.165) is 5.69 Å². The molecule has 2 rings (SSSR count). The molecule has 1 nitrogen and oxygen atoms in total. The summed E-state index contributed by atoms with van der Waals surface area (Å²) in [6, 6.07) is 6.86. The third-order valence-corrected chi connectivity index (χ3v) is 3.59. The Morgan fingerprint density at radius 3 is 2.41 bits per heavy atom. The van der Waals surface area contributed by atoms with E-state index in [1.807, 2.05) is 6.08 Å². The van der Waals surface area contributed by atoms with Gasteiger partial charge in [-0.25, -0.2) is 4.39 Å². The van der Waals surface area contributed by atoms with Gasteiger partial charge in [0, 0.05) is 11.7 Å². The van der Waals surface area contributed by atoms with Crippen LogP contribution in [0, 0.1) is 11.7 Å². The standard InChI is InChI=1S/C15H20FN/c1-2-15(12-6-4-3-5-7-12)17-14-10-8-13(16)9-11-14/h2,8-12,15,17H,1,3-7H2/t15-/m1/s1. The third kappa shape index (κ3) is 3.32. The summed E-state index contributed by atoms with van der Waals surface area (Å²) in [4.78, 5) is 0. The van der Waals surface area contributed by atoms with Crippen molar-refractivity contribution in [1.29, 1.82) is 0 Å². The van der Waals surface area contributed by atoms with Gasteiger partial charge in [-0.1, -0.05) is 25.3 Å². The van der Waals surface area contributed by atoms with Crippen molar-refractivity contribution in [3.05, 3.63) is 42.7 Å². The summed E-state index contributed by atoms with van der Waals surface area (Å²) in [5.41, 5.74) is 0.974. The number of nitrogens with one attached hydrogen (secondary N) is 1. The number of halogens is 1. The Hall–Kier alpha value is -1.31. The number of anilines is 1. The van der Waals surface area contributed by atoms with E-state index in [4.69, 9.17) is 0 Å². The molecule has 1 aromatic carbocycles. The van der Waals surface area contributed by atoms with Crippen LogP contribution in [-0.2, 0) is 0 Å². The second kappa shape index (κ2) is 5.85. The zero-order valence-electron chi connectivity index (χ0n) is 10.2. The van der Waals surface area contributed by atoms with Gasteiger partial charge in [-0.15, -0.1) is 6.58 Å². The number of benzene rings is 1. The first-order chi connectivity index (χ1) is 8.29. The number of rotatable bonds is 4. The lowest BCUT2D eigenvalue weighted by molar-refractivity contribution is 0.343.